The van der Waals surface area contributed by atoms with Gasteiger partial charge in [0.05, 0.1) is 13.7 Å². The third-order valence-electron chi connectivity index (χ3n) is 4.44. The summed E-state index contributed by atoms with van der Waals surface area (Å²) < 4.78 is 10.3. The number of methoxy groups -OCH3 is 2. The van der Waals surface area contributed by atoms with Gasteiger partial charge in [0.2, 0.25) is 0 Å². The van der Waals surface area contributed by atoms with Crippen LogP contribution in [0.3, 0.4) is 0 Å². The maximum atomic E-state index is 12.7. The van der Waals surface area contributed by atoms with E-state index in [9.17, 15) is 4.79 Å². The van der Waals surface area contributed by atoms with E-state index in [2.05, 4.69) is 18.2 Å². The molecule has 0 atom stereocenters. The summed E-state index contributed by atoms with van der Waals surface area (Å²) in [4.78, 5) is 14.6. The Bertz CT molecular complexity index is 765. The molecule has 0 fully saturated rings. The van der Waals surface area contributed by atoms with Crippen LogP contribution in [0, 0.1) is 0 Å². The van der Waals surface area contributed by atoms with Gasteiger partial charge in [0, 0.05) is 25.8 Å². The molecule has 0 N–H and O–H groups in total. The molecule has 0 unspecified atom stereocenters. The quantitative estimate of drug-likeness (QED) is 0.834. The standard InChI is InChI=1S/C21H23NO3/c1-24-15-16-4-3-5-19(14-16)21(23)22-12-10-18(11-13-22)17-6-8-20(25-2)9-7-17/h3-10,14H,11-13,15H2,1-2H3. The third-order valence-corrected chi connectivity index (χ3v) is 4.44. The number of carbonyl (C=O) groups is 1. The first kappa shape index (κ1) is 17.2. The van der Waals surface area contributed by atoms with Crippen molar-refractivity contribution in [2.24, 2.45) is 0 Å². The number of benzene rings is 2. The van der Waals surface area contributed by atoms with Crippen molar-refractivity contribution in [2.75, 3.05) is 27.3 Å². The van der Waals surface area contributed by atoms with Crippen LogP contribution in [0.5, 0.6) is 5.75 Å². The molecule has 0 saturated heterocycles. The molecule has 2 aromatic carbocycles. The van der Waals surface area contributed by atoms with E-state index in [1.165, 1.54) is 11.1 Å². The molecular weight excluding hydrogens is 314 g/mol. The number of carbonyl (C=O) groups excluding carboxylic acids is 1. The predicted molar refractivity (Wildman–Crippen MR) is 98.6 cm³/mol. The minimum atomic E-state index is 0.0722. The highest BCUT2D eigenvalue weighted by Gasteiger charge is 2.19. The van der Waals surface area contributed by atoms with Crippen molar-refractivity contribution in [1.82, 2.24) is 4.90 Å². The summed E-state index contributed by atoms with van der Waals surface area (Å²) in [6.45, 7) is 1.88. The van der Waals surface area contributed by atoms with Crippen LogP contribution >= 0.6 is 0 Å². The molecule has 1 amide bonds. The normalized spacial score (nSPS) is 14.2. The number of amides is 1. The molecule has 25 heavy (non-hydrogen) atoms. The summed E-state index contributed by atoms with van der Waals surface area (Å²) in [5, 5.41) is 0. The minimum Gasteiger partial charge on any atom is -0.497 e. The van der Waals surface area contributed by atoms with Crippen LogP contribution in [0.1, 0.15) is 27.9 Å². The second kappa shape index (κ2) is 7.99. The van der Waals surface area contributed by atoms with E-state index >= 15 is 0 Å². The number of rotatable bonds is 5. The van der Waals surface area contributed by atoms with Crippen molar-refractivity contribution in [2.45, 2.75) is 13.0 Å². The SMILES string of the molecule is COCc1cccc(C(=O)N2CC=C(c3ccc(OC)cc3)CC2)c1. The molecule has 0 aliphatic carbocycles. The molecule has 1 heterocycles. The zero-order valence-corrected chi connectivity index (χ0v) is 14.7. The molecule has 1 aliphatic rings. The smallest absolute Gasteiger partial charge is 0.254 e. The largest absolute Gasteiger partial charge is 0.497 e. The molecule has 0 saturated carbocycles. The topological polar surface area (TPSA) is 38.8 Å². The Morgan fingerprint density at radius 2 is 1.92 bits per heavy atom. The van der Waals surface area contributed by atoms with Gasteiger partial charge in [-0.25, -0.2) is 0 Å². The van der Waals surface area contributed by atoms with E-state index in [0.29, 0.717) is 13.2 Å². The van der Waals surface area contributed by atoms with Crippen LogP contribution in [-0.4, -0.2) is 38.1 Å². The average Bonchev–Trinajstić information content (AvgIpc) is 2.68. The molecule has 0 bridgehead atoms. The first-order valence-corrected chi connectivity index (χ1v) is 8.42. The molecule has 4 nitrogen and oxygen atoms in total. The second-order valence-electron chi connectivity index (χ2n) is 6.09. The van der Waals surface area contributed by atoms with Crippen molar-refractivity contribution in [3.63, 3.8) is 0 Å². The van der Waals surface area contributed by atoms with Gasteiger partial charge in [0.1, 0.15) is 5.75 Å². The van der Waals surface area contributed by atoms with E-state index in [1.54, 1.807) is 14.2 Å². The van der Waals surface area contributed by atoms with Gasteiger partial charge in [0.15, 0.2) is 0 Å². The lowest BCUT2D eigenvalue weighted by atomic mass is 9.99. The van der Waals surface area contributed by atoms with Gasteiger partial charge in [-0.05, 0) is 47.4 Å². The molecule has 3 rings (SSSR count). The predicted octanol–water partition coefficient (Wildman–Crippen LogP) is 3.77. The van der Waals surface area contributed by atoms with Crippen LogP contribution in [0.25, 0.3) is 5.57 Å². The lowest BCUT2D eigenvalue weighted by Gasteiger charge is -2.27. The van der Waals surface area contributed by atoms with E-state index in [1.807, 2.05) is 41.3 Å². The Hall–Kier alpha value is -2.59. The summed E-state index contributed by atoms with van der Waals surface area (Å²) in [7, 11) is 3.32. The lowest BCUT2D eigenvalue weighted by Crippen LogP contribution is -2.34. The van der Waals surface area contributed by atoms with Crippen molar-refractivity contribution < 1.29 is 14.3 Å². The minimum absolute atomic E-state index is 0.0722. The molecule has 1 aliphatic heterocycles. The molecule has 130 valence electrons. The maximum Gasteiger partial charge on any atom is 0.254 e. The Morgan fingerprint density at radius 1 is 1.12 bits per heavy atom. The van der Waals surface area contributed by atoms with Crippen LogP contribution < -0.4 is 4.74 Å². The summed E-state index contributed by atoms with van der Waals surface area (Å²) in [5.74, 6) is 0.927. The van der Waals surface area contributed by atoms with E-state index < -0.39 is 0 Å². The number of ether oxygens (including phenoxy) is 2. The van der Waals surface area contributed by atoms with Crippen molar-refractivity contribution in [3.8, 4) is 5.75 Å². The summed E-state index contributed by atoms with van der Waals surface area (Å²) >= 11 is 0. The van der Waals surface area contributed by atoms with Gasteiger partial charge in [-0.3, -0.25) is 4.79 Å². The summed E-state index contributed by atoms with van der Waals surface area (Å²) in [5.41, 5.74) is 4.20. The fraction of sp³-hybridized carbons (Fsp3) is 0.286. The summed E-state index contributed by atoms with van der Waals surface area (Å²) in [6, 6.07) is 15.7. The van der Waals surface area contributed by atoms with E-state index in [-0.39, 0.29) is 5.91 Å². The van der Waals surface area contributed by atoms with Gasteiger partial charge in [0.25, 0.3) is 5.91 Å². The fourth-order valence-corrected chi connectivity index (χ4v) is 3.06. The van der Waals surface area contributed by atoms with Crippen LogP contribution in [0.15, 0.2) is 54.6 Å². The van der Waals surface area contributed by atoms with Gasteiger partial charge in [-0.1, -0.05) is 30.3 Å². The zero-order chi connectivity index (χ0) is 17.6. The van der Waals surface area contributed by atoms with Gasteiger partial charge in [-0.2, -0.15) is 0 Å². The first-order valence-electron chi connectivity index (χ1n) is 8.42. The highest BCUT2D eigenvalue weighted by atomic mass is 16.5. The Balaban J connectivity index is 1.69. The monoisotopic (exact) mass is 337 g/mol. The maximum absolute atomic E-state index is 12.7. The average molecular weight is 337 g/mol. The van der Waals surface area contributed by atoms with Gasteiger partial charge >= 0.3 is 0 Å². The van der Waals surface area contributed by atoms with E-state index in [4.69, 9.17) is 9.47 Å². The third kappa shape index (κ3) is 4.09. The number of hydrogen-bond acceptors (Lipinski definition) is 3. The van der Waals surface area contributed by atoms with Crippen molar-refractivity contribution >= 4 is 11.5 Å². The molecule has 4 heteroatoms. The van der Waals surface area contributed by atoms with E-state index in [0.717, 1.165) is 29.8 Å². The number of nitrogens with zero attached hydrogens (tertiary/aromatic N) is 1. The molecule has 0 spiro atoms. The van der Waals surface area contributed by atoms with Gasteiger partial charge < -0.3 is 14.4 Å². The molecule has 0 aromatic heterocycles. The van der Waals surface area contributed by atoms with Crippen LogP contribution in [0.4, 0.5) is 0 Å². The Kier molecular flexibility index (Phi) is 5.51. The zero-order valence-electron chi connectivity index (χ0n) is 14.7. The van der Waals surface area contributed by atoms with Gasteiger partial charge in [-0.15, -0.1) is 0 Å². The highest BCUT2D eigenvalue weighted by molar-refractivity contribution is 5.95. The summed E-state index contributed by atoms with van der Waals surface area (Å²) in [6.07, 6.45) is 3.00. The highest BCUT2D eigenvalue weighted by Crippen LogP contribution is 2.25. The Labute approximate surface area is 148 Å². The number of hydrogen-bond donors (Lipinski definition) is 0. The lowest BCUT2D eigenvalue weighted by molar-refractivity contribution is 0.0772. The molecular formula is C21H23NO3. The van der Waals surface area contributed by atoms with Crippen molar-refractivity contribution in [1.29, 1.82) is 0 Å². The van der Waals surface area contributed by atoms with Crippen molar-refractivity contribution in [3.05, 3.63) is 71.3 Å². The second-order valence-corrected chi connectivity index (χ2v) is 6.09. The molecule has 0 radical (unpaired) electrons. The molecule has 2 aromatic rings. The Morgan fingerprint density at radius 3 is 2.56 bits per heavy atom. The first-order chi connectivity index (χ1) is 12.2. The fourth-order valence-electron chi connectivity index (χ4n) is 3.06. The van der Waals surface area contributed by atoms with Crippen LogP contribution in [0.2, 0.25) is 0 Å². The van der Waals surface area contributed by atoms with Crippen LogP contribution in [-0.2, 0) is 11.3 Å².